The van der Waals surface area contributed by atoms with Crippen LogP contribution >= 0.6 is 0 Å². The SMILES string of the molecule is c1ccc(-n2c3ccc(-c4cccc5c6ccccc6n(-c6ccccc6)c45)cc3c3ncccc32)cc1. The molecule has 3 aromatic heterocycles. The maximum atomic E-state index is 4.83. The Kier molecular flexibility index (Phi) is 4.52. The molecule has 0 atom stereocenters. The molecular weight excluding hydrogens is 462 g/mol. The van der Waals surface area contributed by atoms with Crippen LogP contribution in [0.25, 0.3) is 66.2 Å². The van der Waals surface area contributed by atoms with Gasteiger partial charge in [0, 0.05) is 39.3 Å². The molecule has 178 valence electrons. The first kappa shape index (κ1) is 21.0. The third-order valence-electron chi connectivity index (χ3n) is 7.55. The minimum Gasteiger partial charge on any atom is -0.309 e. The highest BCUT2D eigenvalue weighted by molar-refractivity contribution is 6.15. The lowest BCUT2D eigenvalue weighted by Crippen LogP contribution is -1.95. The second-order valence-electron chi connectivity index (χ2n) is 9.66. The molecule has 0 bridgehead atoms. The average molecular weight is 486 g/mol. The normalized spacial score (nSPS) is 11.7. The van der Waals surface area contributed by atoms with E-state index in [0.717, 1.165) is 33.3 Å². The van der Waals surface area contributed by atoms with Crippen LogP contribution < -0.4 is 0 Å². The molecule has 0 saturated heterocycles. The van der Waals surface area contributed by atoms with E-state index in [-0.39, 0.29) is 0 Å². The summed E-state index contributed by atoms with van der Waals surface area (Å²) in [7, 11) is 0. The first-order chi connectivity index (χ1) is 18.9. The molecule has 8 aromatic rings. The molecule has 3 heteroatoms. The molecule has 3 nitrogen and oxygen atoms in total. The molecule has 0 radical (unpaired) electrons. The number of hydrogen-bond acceptors (Lipinski definition) is 1. The van der Waals surface area contributed by atoms with Crippen molar-refractivity contribution in [3.63, 3.8) is 0 Å². The third kappa shape index (κ3) is 2.99. The lowest BCUT2D eigenvalue weighted by molar-refractivity contribution is 1.17. The van der Waals surface area contributed by atoms with Crippen LogP contribution in [0.15, 0.2) is 140 Å². The number of para-hydroxylation sites is 4. The van der Waals surface area contributed by atoms with Gasteiger partial charge < -0.3 is 9.13 Å². The molecule has 0 aliphatic heterocycles. The van der Waals surface area contributed by atoms with Gasteiger partial charge in [0.25, 0.3) is 0 Å². The van der Waals surface area contributed by atoms with Crippen LogP contribution in [0.2, 0.25) is 0 Å². The molecule has 0 fully saturated rings. The Morgan fingerprint density at radius 3 is 1.92 bits per heavy atom. The third-order valence-corrected chi connectivity index (χ3v) is 7.55. The van der Waals surface area contributed by atoms with Crippen molar-refractivity contribution in [1.82, 2.24) is 14.1 Å². The summed E-state index contributed by atoms with van der Waals surface area (Å²) in [4.78, 5) is 4.83. The van der Waals surface area contributed by atoms with Crippen LogP contribution in [0.1, 0.15) is 0 Å². The standard InChI is InChI=1S/C35H23N3/c1-3-11-25(12-4-1)37-32-21-20-24(23-30(32)34-33(37)19-10-22-36-34)27-16-9-17-29-28-15-7-8-18-31(28)38(35(27)29)26-13-5-2-6-14-26/h1-23H. The number of rotatable bonds is 3. The van der Waals surface area contributed by atoms with Gasteiger partial charge >= 0.3 is 0 Å². The van der Waals surface area contributed by atoms with Crippen LogP contribution in [0.3, 0.4) is 0 Å². The van der Waals surface area contributed by atoms with Gasteiger partial charge in [-0.1, -0.05) is 78.9 Å². The smallest absolute Gasteiger partial charge is 0.0963 e. The minimum atomic E-state index is 1.02. The zero-order valence-corrected chi connectivity index (χ0v) is 20.6. The van der Waals surface area contributed by atoms with Crippen LogP contribution in [0.5, 0.6) is 0 Å². The Bertz CT molecular complexity index is 2120. The molecule has 0 aliphatic carbocycles. The fourth-order valence-electron chi connectivity index (χ4n) is 5.95. The van der Waals surface area contributed by atoms with Crippen molar-refractivity contribution in [2.75, 3.05) is 0 Å². The molecule has 0 spiro atoms. The zero-order valence-electron chi connectivity index (χ0n) is 20.6. The molecule has 3 heterocycles. The number of fused-ring (bicyclic) bond motifs is 6. The van der Waals surface area contributed by atoms with E-state index in [1.807, 2.05) is 12.3 Å². The number of pyridine rings is 1. The summed E-state index contributed by atoms with van der Waals surface area (Å²) in [6, 6.07) is 47.5. The molecule has 0 unspecified atom stereocenters. The molecule has 0 saturated carbocycles. The molecule has 38 heavy (non-hydrogen) atoms. The highest BCUT2D eigenvalue weighted by Gasteiger charge is 2.18. The summed E-state index contributed by atoms with van der Waals surface area (Å²) in [5.74, 6) is 0. The highest BCUT2D eigenvalue weighted by atomic mass is 15.0. The largest absolute Gasteiger partial charge is 0.309 e. The minimum absolute atomic E-state index is 1.02. The maximum absolute atomic E-state index is 4.83. The molecular formula is C35H23N3. The van der Waals surface area contributed by atoms with Gasteiger partial charge in [-0.15, -0.1) is 0 Å². The van der Waals surface area contributed by atoms with Crippen LogP contribution in [-0.2, 0) is 0 Å². The molecule has 0 N–H and O–H groups in total. The van der Waals surface area contributed by atoms with Crippen molar-refractivity contribution >= 4 is 43.7 Å². The summed E-state index contributed by atoms with van der Waals surface area (Å²) in [6.07, 6.45) is 1.89. The Labute approximate surface area is 219 Å². The zero-order chi connectivity index (χ0) is 25.1. The second-order valence-corrected chi connectivity index (χ2v) is 9.66. The van der Waals surface area contributed by atoms with Crippen molar-refractivity contribution in [1.29, 1.82) is 0 Å². The average Bonchev–Trinajstić information content (AvgIpc) is 3.51. The van der Waals surface area contributed by atoms with E-state index >= 15 is 0 Å². The van der Waals surface area contributed by atoms with Crippen molar-refractivity contribution in [3.8, 4) is 22.5 Å². The Hall–Kier alpha value is -5.15. The van der Waals surface area contributed by atoms with E-state index < -0.39 is 0 Å². The van der Waals surface area contributed by atoms with Gasteiger partial charge in [-0.05, 0) is 60.2 Å². The van der Waals surface area contributed by atoms with Gasteiger partial charge in [0.2, 0.25) is 0 Å². The summed E-state index contributed by atoms with van der Waals surface area (Å²) < 4.78 is 4.71. The quantitative estimate of drug-likeness (QED) is 0.245. The predicted octanol–water partition coefficient (Wildman–Crippen LogP) is 8.94. The molecule has 0 aliphatic rings. The summed E-state index contributed by atoms with van der Waals surface area (Å²) in [6.45, 7) is 0. The summed E-state index contributed by atoms with van der Waals surface area (Å²) in [5.41, 5.74) is 10.4. The topological polar surface area (TPSA) is 22.8 Å². The van der Waals surface area contributed by atoms with E-state index in [9.17, 15) is 0 Å². The lowest BCUT2D eigenvalue weighted by Gasteiger charge is -2.12. The van der Waals surface area contributed by atoms with Gasteiger partial charge in [-0.3, -0.25) is 4.98 Å². The van der Waals surface area contributed by atoms with Gasteiger partial charge in [-0.25, -0.2) is 0 Å². The summed E-state index contributed by atoms with van der Waals surface area (Å²) in [5, 5.41) is 3.67. The molecule has 8 rings (SSSR count). The highest BCUT2D eigenvalue weighted by Crippen LogP contribution is 2.40. The van der Waals surface area contributed by atoms with Crippen molar-refractivity contribution in [3.05, 3.63) is 140 Å². The molecule has 0 amide bonds. The van der Waals surface area contributed by atoms with Crippen molar-refractivity contribution < 1.29 is 0 Å². The monoisotopic (exact) mass is 485 g/mol. The first-order valence-electron chi connectivity index (χ1n) is 12.9. The lowest BCUT2D eigenvalue weighted by atomic mass is 10.0. The number of benzene rings is 5. The van der Waals surface area contributed by atoms with Gasteiger partial charge in [-0.2, -0.15) is 0 Å². The first-order valence-corrected chi connectivity index (χ1v) is 12.9. The summed E-state index contributed by atoms with van der Waals surface area (Å²) >= 11 is 0. The van der Waals surface area contributed by atoms with Crippen molar-refractivity contribution in [2.45, 2.75) is 0 Å². The van der Waals surface area contributed by atoms with Gasteiger partial charge in [0.15, 0.2) is 0 Å². The molecule has 5 aromatic carbocycles. The van der Waals surface area contributed by atoms with E-state index in [2.05, 4.69) is 137 Å². The number of hydrogen-bond donors (Lipinski definition) is 0. The van der Waals surface area contributed by atoms with Crippen LogP contribution in [-0.4, -0.2) is 14.1 Å². The number of aromatic nitrogens is 3. The Morgan fingerprint density at radius 2 is 1.11 bits per heavy atom. The Morgan fingerprint density at radius 1 is 0.447 bits per heavy atom. The van der Waals surface area contributed by atoms with E-state index in [0.29, 0.717) is 0 Å². The fraction of sp³-hybridized carbons (Fsp3) is 0. The maximum Gasteiger partial charge on any atom is 0.0963 e. The van der Waals surface area contributed by atoms with E-state index in [1.165, 1.54) is 32.9 Å². The van der Waals surface area contributed by atoms with E-state index in [1.54, 1.807) is 0 Å². The van der Waals surface area contributed by atoms with Crippen LogP contribution in [0, 0.1) is 0 Å². The van der Waals surface area contributed by atoms with Crippen LogP contribution in [0.4, 0.5) is 0 Å². The van der Waals surface area contributed by atoms with E-state index in [4.69, 9.17) is 4.98 Å². The second kappa shape index (κ2) is 8.19. The van der Waals surface area contributed by atoms with Gasteiger partial charge in [0.1, 0.15) is 0 Å². The number of nitrogens with zero attached hydrogens (tertiary/aromatic N) is 3. The predicted molar refractivity (Wildman–Crippen MR) is 158 cm³/mol. The fourth-order valence-corrected chi connectivity index (χ4v) is 5.95. The van der Waals surface area contributed by atoms with Crippen molar-refractivity contribution in [2.24, 2.45) is 0 Å². The Balaban J connectivity index is 1.46. The van der Waals surface area contributed by atoms with Gasteiger partial charge in [0.05, 0.1) is 27.6 Å².